The Morgan fingerprint density at radius 1 is 1.20 bits per heavy atom. The Labute approximate surface area is 178 Å². The highest BCUT2D eigenvalue weighted by molar-refractivity contribution is 5.94. The van der Waals surface area contributed by atoms with Crippen LogP contribution in [0.4, 0.5) is 10.1 Å². The number of carbonyl (C=O) groups is 1. The molecule has 1 heterocycles. The van der Waals surface area contributed by atoms with Crippen LogP contribution < -0.4 is 9.64 Å². The molecule has 1 fully saturated rings. The number of aromatic hydroxyl groups is 1. The van der Waals surface area contributed by atoms with Crippen molar-refractivity contribution in [3.63, 3.8) is 0 Å². The van der Waals surface area contributed by atoms with Crippen LogP contribution in [0.2, 0.25) is 0 Å². The zero-order valence-electron chi connectivity index (χ0n) is 18.0. The summed E-state index contributed by atoms with van der Waals surface area (Å²) >= 11 is 0. The van der Waals surface area contributed by atoms with Gasteiger partial charge in [0.05, 0.1) is 7.11 Å². The molecule has 1 amide bonds. The van der Waals surface area contributed by atoms with E-state index in [9.17, 15) is 14.3 Å². The third-order valence-electron chi connectivity index (χ3n) is 5.53. The molecular weight excluding hydrogens is 383 g/mol. The van der Waals surface area contributed by atoms with Gasteiger partial charge in [0, 0.05) is 37.8 Å². The second kappa shape index (κ2) is 9.94. The van der Waals surface area contributed by atoms with Crippen LogP contribution in [0, 0.1) is 11.7 Å². The van der Waals surface area contributed by atoms with Crippen LogP contribution in [-0.2, 0) is 11.3 Å². The van der Waals surface area contributed by atoms with Crippen LogP contribution in [-0.4, -0.2) is 42.2 Å². The molecular formula is C24H31FN2O3. The Kier molecular flexibility index (Phi) is 7.32. The number of ether oxygens (including phenoxy) is 1. The van der Waals surface area contributed by atoms with Gasteiger partial charge in [-0.15, -0.1) is 0 Å². The van der Waals surface area contributed by atoms with Crippen molar-refractivity contribution in [1.82, 2.24) is 4.90 Å². The standard InChI is InChI=1S/C24H31FN2O3/c1-17(2)14-24(29)27(20-7-5-19(25)6-8-20)21-10-12-26(13-11-21)16-18-4-9-22(28)23(15-18)30-3/h4-9,15,17,21,28H,10-14,16H2,1-3H3. The molecule has 3 rings (SSSR count). The molecule has 0 spiro atoms. The fraction of sp³-hybridized carbons (Fsp3) is 0.458. The molecule has 0 unspecified atom stereocenters. The molecule has 5 nitrogen and oxygen atoms in total. The summed E-state index contributed by atoms with van der Waals surface area (Å²) in [5, 5.41) is 9.78. The Morgan fingerprint density at radius 2 is 1.87 bits per heavy atom. The van der Waals surface area contributed by atoms with Crippen molar-refractivity contribution in [3.05, 3.63) is 53.8 Å². The minimum absolute atomic E-state index is 0.0957. The SMILES string of the molecule is COc1cc(CN2CCC(N(C(=O)CC(C)C)c3ccc(F)cc3)CC2)ccc1O. The fourth-order valence-electron chi connectivity index (χ4n) is 4.02. The molecule has 2 aromatic carbocycles. The van der Waals surface area contributed by atoms with E-state index in [1.54, 1.807) is 25.3 Å². The molecule has 1 N–H and O–H groups in total. The van der Waals surface area contributed by atoms with Crippen molar-refractivity contribution >= 4 is 11.6 Å². The minimum atomic E-state index is -0.297. The number of rotatable bonds is 7. The van der Waals surface area contributed by atoms with Crippen LogP contribution in [0.1, 0.15) is 38.7 Å². The third-order valence-corrected chi connectivity index (χ3v) is 5.53. The number of hydrogen-bond acceptors (Lipinski definition) is 4. The molecule has 1 aliphatic rings. The van der Waals surface area contributed by atoms with E-state index >= 15 is 0 Å². The first-order chi connectivity index (χ1) is 14.4. The number of benzene rings is 2. The lowest BCUT2D eigenvalue weighted by molar-refractivity contribution is -0.120. The number of carbonyl (C=O) groups excluding carboxylic acids is 1. The van der Waals surface area contributed by atoms with Crippen molar-refractivity contribution in [2.45, 2.75) is 45.7 Å². The molecule has 0 aromatic heterocycles. The largest absolute Gasteiger partial charge is 0.504 e. The smallest absolute Gasteiger partial charge is 0.227 e. The number of hydrogen-bond donors (Lipinski definition) is 1. The average molecular weight is 415 g/mol. The maximum atomic E-state index is 13.4. The highest BCUT2D eigenvalue weighted by Gasteiger charge is 2.29. The maximum Gasteiger partial charge on any atom is 0.227 e. The summed E-state index contributed by atoms with van der Waals surface area (Å²) in [4.78, 5) is 17.2. The molecule has 6 heteroatoms. The number of likely N-dealkylation sites (tertiary alicyclic amines) is 1. The number of halogens is 1. The van der Waals surface area contributed by atoms with Gasteiger partial charge < -0.3 is 14.7 Å². The van der Waals surface area contributed by atoms with Crippen LogP contribution in [0.25, 0.3) is 0 Å². The average Bonchev–Trinajstić information content (AvgIpc) is 2.72. The lowest BCUT2D eigenvalue weighted by Crippen LogP contribution is -2.47. The Balaban J connectivity index is 1.68. The maximum absolute atomic E-state index is 13.4. The normalized spacial score (nSPS) is 15.4. The molecule has 162 valence electrons. The van der Waals surface area contributed by atoms with Gasteiger partial charge in [-0.1, -0.05) is 19.9 Å². The van der Waals surface area contributed by atoms with Gasteiger partial charge >= 0.3 is 0 Å². The lowest BCUT2D eigenvalue weighted by atomic mass is 9.99. The van der Waals surface area contributed by atoms with Crippen LogP contribution in [0.3, 0.4) is 0 Å². The van der Waals surface area contributed by atoms with E-state index in [0.717, 1.165) is 43.7 Å². The zero-order valence-corrected chi connectivity index (χ0v) is 18.0. The van der Waals surface area contributed by atoms with Crippen molar-refractivity contribution in [1.29, 1.82) is 0 Å². The van der Waals surface area contributed by atoms with Gasteiger partial charge in [0.15, 0.2) is 11.5 Å². The van der Waals surface area contributed by atoms with Gasteiger partial charge in [0.1, 0.15) is 5.82 Å². The molecule has 0 saturated carbocycles. The van der Waals surface area contributed by atoms with Crippen molar-refractivity contribution < 1.29 is 19.0 Å². The Bertz CT molecular complexity index is 846. The molecule has 0 aliphatic carbocycles. The molecule has 1 saturated heterocycles. The van der Waals surface area contributed by atoms with Gasteiger partial charge in [0.25, 0.3) is 0 Å². The topological polar surface area (TPSA) is 53.0 Å². The Hall–Kier alpha value is -2.60. The monoisotopic (exact) mass is 414 g/mol. The van der Waals surface area contributed by atoms with E-state index in [-0.39, 0.29) is 29.4 Å². The number of phenolic OH excluding ortho intramolecular Hbond substituents is 1. The molecule has 0 atom stereocenters. The van der Waals surface area contributed by atoms with Crippen LogP contribution in [0.5, 0.6) is 11.5 Å². The molecule has 0 radical (unpaired) electrons. The van der Waals surface area contributed by atoms with E-state index < -0.39 is 0 Å². The molecule has 30 heavy (non-hydrogen) atoms. The van der Waals surface area contributed by atoms with Gasteiger partial charge in [-0.2, -0.15) is 0 Å². The van der Waals surface area contributed by atoms with E-state index in [2.05, 4.69) is 4.90 Å². The number of nitrogens with zero attached hydrogens (tertiary/aromatic N) is 2. The van der Waals surface area contributed by atoms with Gasteiger partial charge in [-0.05, 0) is 60.7 Å². The van der Waals surface area contributed by atoms with E-state index in [4.69, 9.17) is 4.74 Å². The number of phenols is 1. The second-order valence-electron chi connectivity index (χ2n) is 8.35. The highest BCUT2D eigenvalue weighted by Crippen LogP contribution is 2.29. The number of anilines is 1. The predicted octanol–water partition coefficient (Wildman–Crippen LogP) is 4.58. The minimum Gasteiger partial charge on any atom is -0.504 e. The van der Waals surface area contributed by atoms with Gasteiger partial charge in [-0.3, -0.25) is 9.69 Å². The summed E-state index contributed by atoms with van der Waals surface area (Å²) in [5.74, 6) is 0.681. The van der Waals surface area contributed by atoms with Gasteiger partial charge in [-0.25, -0.2) is 4.39 Å². The van der Waals surface area contributed by atoms with Crippen LogP contribution in [0.15, 0.2) is 42.5 Å². The quantitative estimate of drug-likeness (QED) is 0.720. The van der Waals surface area contributed by atoms with E-state index in [1.807, 2.05) is 30.9 Å². The van der Waals surface area contributed by atoms with E-state index in [1.165, 1.54) is 12.1 Å². The van der Waals surface area contributed by atoms with Crippen molar-refractivity contribution in [2.75, 3.05) is 25.1 Å². The molecule has 2 aromatic rings. The van der Waals surface area contributed by atoms with Gasteiger partial charge in [0.2, 0.25) is 5.91 Å². The third kappa shape index (κ3) is 5.51. The Morgan fingerprint density at radius 3 is 2.47 bits per heavy atom. The molecule has 1 aliphatic heterocycles. The summed E-state index contributed by atoms with van der Waals surface area (Å²) in [6.45, 7) is 6.56. The summed E-state index contributed by atoms with van der Waals surface area (Å²) < 4.78 is 18.6. The summed E-state index contributed by atoms with van der Waals surface area (Å²) in [6, 6.07) is 11.7. The predicted molar refractivity (Wildman–Crippen MR) is 116 cm³/mol. The first-order valence-corrected chi connectivity index (χ1v) is 10.5. The molecule has 0 bridgehead atoms. The number of amides is 1. The number of methoxy groups -OCH3 is 1. The lowest BCUT2D eigenvalue weighted by Gasteiger charge is -2.39. The summed E-state index contributed by atoms with van der Waals surface area (Å²) in [5.41, 5.74) is 1.85. The summed E-state index contributed by atoms with van der Waals surface area (Å²) in [6.07, 6.45) is 2.19. The number of piperidine rings is 1. The van der Waals surface area contributed by atoms with Crippen molar-refractivity contribution in [2.24, 2.45) is 5.92 Å². The zero-order chi connectivity index (χ0) is 21.7. The van der Waals surface area contributed by atoms with Crippen molar-refractivity contribution in [3.8, 4) is 11.5 Å². The first kappa shape index (κ1) is 22.1. The fourth-order valence-corrected chi connectivity index (χ4v) is 4.02. The van der Waals surface area contributed by atoms with Crippen LogP contribution >= 0.6 is 0 Å². The second-order valence-corrected chi connectivity index (χ2v) is 8.35. The summed E-state index contributed by atoms with van der Waals surface area (Å²) in [7, 11) is 1.54. The van der Waals surface area contributed by atoms with E-state index in [0.29, 0.717) is 12.2 Å². The highest BCUT2D eigenvalue weighted by atomic mass is 19.1. The first-order valence-electron chi connectivity index (χ1n) is 10.5.